The lowest BCUT2D eigenvalue weighted by Crippen LogP contribution is -2.45. The molecule has 3 rings (SSSR count). The van der Waals surface area contributed by atoms with Gasteiger partial charge in [-0.25, -0.2) is 22.0 Å². The van der Waals surface area contributed by atoms with Crippen LogP contribution in [0.5, 0.6) is 0 Å². The smallest absolute Gasteiger partial charge is 0.249 e. The molecule has 0 radical (unpaired) electrons. The zero-order chi connectivity index (χ0) is 23.4. The van der Waals surface area contributed by atoms with E-state index in [1.54, 1.807) is 36.5 Å². The molecule has 0 bridgehead atoms. The Labute approximate surface area is 177 Å². The Morgan fingerprint density at radius 1 is 1.00 bits per heavy atom. The first-order chi connectivity index (χ1) is 15.2. The van der Waals surface area contributed by atoms with Gasteiger partial charge in [-0.3, -0.25) is 14.6 Å². The molecule has 6 nitrogen and oxygen atoms in total. The van der Waals surface area contributed by atoms with E-state index in [-0.39, 0.29) is 0 Å². The summed E-state index contributed by atoms with van der Waals surface area (Å²) in [5, 5.41) is 14.7. The molecular formula is C21H14F5N3O3. The normalized spacial score (nSPS) is 12.2. The zero-order valence-corrected chi connectivity index (χ0v) is 16.0. The van der Waals surface area contributed by atoms with Gasteiger partial charge < -0.3 is 15.7 Å². The average molecular weight is 451 g/mol. The fraction of sp³-hybridized carbons (Fsp3) is 0.0952. The maximum atomic E-state index is 13.7. The monoisotopic (exact) mass is 451 g/mol. The van der Waals surface area contributed by atoms with Crippen LogP contribution in [-0.2, 0) is 9.59 Å². The van der Waals surface area contributed by atoms with Crippen LogP contribution in [0, 0.1) is 29.1 Å². The van der Waals surface area contributed by atoms with Crippen LogP contribution in [0.25, 0.3) is 17.0 Å². The Bertz CT molecular complexity index is 1200. The fourth-order valence-electron chi connectivity index (χ4n) is 2.72. The summed E-state index contributed by atoms with van der Waals surface area (Å²) in [6, 6.07) is 6.79. The highest BCUT2D eigenvalue weighted by Crippen LogP contribution is 2.24. The van der Waals surface area contributed by atoms with E-state index in [2.05, 4.69) is 15.6 Å². The summed E-state index contributed by atoms with van der Waals surface area (Å²) in [6.07, 6.45) is 2.43. The quantitative estimate of drug-likeness (QED) is 0.233. The molecule has 3 aromatic rings. The molecule has 0 fully saturated rings. The number of aliphatic hydroxyl groups excluding tert-OH is 1. The molecule has 3 N–H and O–H groups in total. The van der Waals surface area contributed by atoms with E-state index in [1.165, 1.54) is 0 Å². The van der Waals surface area contributed by atoms with Gasteiger partial charge in [0.1, 0.15) is 6.04 Å². The van der Waals surface area contributed by atoms with Crippen molar-refractivity contribution in [3.05, 3.63) is 77.3 Å². The van der Waals surface area contributed by atoms with E-state index in [9.17, 15) is 36.6 Å². The lowest BCUT2D eigenvalue weighted by Gasteiger charge is -2.15. The van der Waals surface area contributed by atoms with E-state index in [0.29, 0.717) is 23.4 Å². The van der Waals surface area contributed by atoms with Gasteiger partial charge in [0.15, 0.2) is 23.3 Å². The maximum absolute atomic E-state index is 13.7. The second kappa shape index (κ2) is 9.52. The molecule has 2 aromatic carbocycles. The molecule has 0 aliphatic heterocycles. The molecule has 11 heteroatoms. The van der Waals surface area contributed by atoms with Crippen molar-refractivity contribution >= 4 is 34.5 Å². The van der Waals surface area contributed by atoms with Gasteiger partial charge in [0.05, 0.1) is 17.7 Å². The Morgan fingerprint density at radius 3 is 2.31 bits per heavy atom. The lowest BCUT2D eigenvalue weighted by atomic mass is 10.1. The molecule has 1 unspecified atom stereocenters. The third kappa shape index (κ3) is 4.72. The Kier molecular flexibility index (Phi) is 6.79. The number of nitrogens with one attached hydrogen (secondary N) is 2. The predicted octanol–water partition coefficient (Wildman–Crippen LogP) is 3.06. The first-order valence-corrected chi connectivity index (χ1v) is 8.99. The van der Waals surface area contributed by atoms with E-state index >= 15 is 0 Å². The van der Waals surface area contributed by atoms with Crippen LogP contribution in [0.4, 0.5) is 27.6 Å². The predicted molar refractivity (Wildman–Crippen MR) is 105 cm³/mol. The molecule has 2 amide bonds. The van der Waals surface area contributed by atoms with Crippen molar-refractivity contribution in [2.24, 2.45) is 0 Å². The summed E-state index contributed by atoms with van der Waals surface area (Å²) < 4.78 is 66.8. The fourth-order valence-corrected chi connectivity index (χ4v) is 2.72. The number of aliphatic hydroxyl groups is 1. The van der Waals surface area contributed by atoms with Crippen LogP contribution in [0.3, 0.4) is 0 Å². The summed E-state index contributed by atoms with van der Waals surface area (Å²) in [4.78, 5) is 28.4. The summed E-state index contributed by atoms with van der Waals surface area (Å²) >= 11 is 0. The van der Waals surface area contributed by atoms with Crippen LogP contribution in [0.1, 0.15) is 5.56 Å². The number of halogens is 5. The van der Waals surface area contributed by atoms with Crippen LogP contribution in [0.2, 0.25) is 0 Å². The molecule has 0 aliphatic rings. The van der Waals surface area contributed by atoms with Crippen LogP contribution >= 0.6 is 0 Å². The number of carbonyl (C=O) groups is 2. The number of hydrogen-bond acceptors (Lipinski definition) is 4. The van der Waals surface area contributed by atoms with E-state index in [1.807, 2.05) is 0 Å². The molecule has 1 aromatic heterocycles. The molecule has 1 heterocycles. The molecule has 166 valence electrons. The minimum absolute atomic E-state index is 0.347. The number of aromatic nitrogens is 1. The van der Waals surface area contributed by atoms with Crippen molar-refractivity contribution in [1.82, 2.24) is 10.3 Å². The number of anilines is 1. The van der Waals surface area contributed by atoms with Gasteiger partial charge >= 0.3 is 0 Å². The number of rotatable bonds is 6. The summed E-state index contributed by atoms with van der Waals surface area (Å²) in [5.41, 5.74) is -0.303. The minimum atomic E-state index is -2.33. The minimum Gasteiger partial charge on any atom is -0.394 e. The average Bonchev–Trinajstić information content (AvgIpc) is 2.79. The van der Waals surface area contributed by atoms with Gasteiger partial charge in [-0.2, -0.15) is 0 Å². The zero-order valence-electron chi connectivity index (χ0n) is 16.0. The first kappa shape index (κ1) is 22.8. The SMILES string of the molecule is O=C(C=Cc1c(F)c(F)c(F)c(F)c1F)NC(CO)C(=O)Nc1ccc2ncccc2c1. The van der Waals surface area contributed by atoms with Gasteiger partial charge in [-0.1, -0.05) is 6.07 Å². The highest BCUT2D eigenvalue weighted by Gasteiger charge is 2.25. The van der Waals surface area contributed by atoms with E-state index in [0.717, 1.165) is 5.39 Å². The van der Waals surface area contributed by atoms with Gasteiger partial charge in [0.25, 0.3) is 0 Å². The third-order valence-electron chi connectivity index (χ3n) is 4.33. The number of hydrogen-bond donors (Lipinski definition) is 3. The molecule has 0 saturated heterocycles. The van der Waals surface area contributed by atoms with Crippen molar-refractivity contribution in [1.29, 1.82) is 0 Å². The molecule has 0 spiro atoms. The van der Waals surface area contributed by atoms with Crippen molar-refractivity contribution in [3.63, 3.8) is 0 Å². The van der Waals surface area contributed by atoms with Crippen molar-refractivity contribution in [2.45, 2.75) is 6.04 Å². The van der Waals surface area contributed by atoms with E-state index in [4.69, 9.17) is 0 Å². The van der Waals surface area contributed by atoms with Crippen LogP contribution < -0.4 is 10.6 Å². The third-order valence-corrected chi connectivity index (χ3v) is 4.33. The Balaban J connectivity index is 1.71. The Morgan fingerprint density at radius 2 is 1.66 bits per heavy atom. The van der Waals surface area contributed by atoms with Crippen molar-refractivity contribution in [3.8, 4) is 0 Å². The summed E-state index contributed by atoms with van der Waals surface area (Å²) in [7, 11) is 0. The second-order valence-corrected chi connectivity index (χ2v) is 6.46. The number of nitrogens with zero attached hydrogens (tertiary/aromatic N) is 1. The number of fused-ring (bicyclic) bond motifs is 1. The first-order valence-electron chi connectivity index (χ1n) is 8.99. The van der Waals surface area contributed by atoms with Crippen LogP contribution in [-0.4, -0.2) is 34.6 Å². The highest BCUT2D eigenvalue weighted by atomic mass is 19.2. The standard InChI is InChI=1S/C21H14F5N3O3/c22-16-12(17(23)19(25)20(26)18(16)24)4-6-15(31)29-14(9-30)21(32)28-11-3-5-13-10(8-11)2-1-7-27-13/h1-8,14,30H,9H2,(H,28,32)(H,29,31). The summed E-state index contributed by atoms with van der Waals surface area (Å²) in [6.45, 7) is -0.830. The largest absolute Gasteiger partial charge is 0.394 e. The molecule has 0 saturated carbocycles. The lowest BCUT2D eigenvalue weighted by molar-refractivity contribution is -0.124. The van der Waals surface area contributed by atoms with Gasteiger partial charge in [-0.15, -0.1) is 0 Å². The van der Waals surface area contributed by atoms with Crippen molar-refractivity contribution < 1.29 is 36.6 Å². The van der Waals surface area contributed by atoms with E-state index < -0.39 is 59.1 Å². The van der Waals surface area contributed by atoms with Gasteiger partial charge in [0, 0.05) is 23.3 Å². The van der Waals surface area contributed by atoms with Gasteiger partial charge in [-0.05, 0) is 30.3 Å². The van der Waals surface area contributed by atoms with Crippen molar-refractivity contribution in [2.75, 3.05) is 11.9 Å². The summed E-state index contributed by atoms with van der Waals surface area (Å²) in [5.74, 6) is -12.8. The second-order valence-electron chi connectivity index (χ2n) is 6.46. The molecular weight excluding hydrogens is 437 g/mol. The number of carbonyl (C=O) groups excluding carboxylic acids is 2. The number of benzene rings is 2. The molecule has 32 heavy (non-hydrogen) atoms. The topological polar surface area (TPSA) is 91.3 Å². The highest BCUT2D eigenvalue weighted by molar-refractivity contribution is 6.01. The van der Waals surface area contributed by atoms with Crippen LogP contribution in [0.15, 0.2) is 42.6 Å². The maximum Gasteiger partial charge on any atom is 0.249 e. The Hall–Kier alpha value is -3.86. The number of amides is 2. The molecule has 1 atom stereocenters. The van der Waals surface area contributed by atoms with Gasteiger partial charge in [0.2, 0.25) is 17.6 Å². The number of pyridine rings is 1. The molecule has 0 aliphatic carbocycles.